The van der Waals surface area contributed by atoms with Gasteiger partial charge >= 0.3 is 0 Å². The number of likely N-dealkylation sites (N-methyl/N-ethyl adjacent to an activating group) is 1. The van der Waals surface area contributed by atoms with E-state index >= 15 is 0 Å². The minimum atomic E-state index is -0.0525. The molecule has 23 heavy (non-hydrogen) atoms. The van der Waals surface area contributed by atoms with E-state index in [2.05, 4.69) is 52.9 Å². The first-order valence-electron chi connectivity index (χ1n) is 8.27. The average molecular weight is 334 g/mol. The summed E-state index contributed by atoms with van der Waals surface area (Å²) in [6.45, 7) is 9.67. The number of nitrogens with zero attached hydrogens (tertiary/aromatic N) is 3. The Labute approximate surface area is 142 Å². The van der Waals surface area contributed by atoms with Crippen molar-refractivity contribution >= 4 is 17.2 Å². The van der Waals surface area contributed by atoms with E-state index in [4.69, 9.17) is 0 Å². The SMILES string of the molecule is CCCn1nccc1C(=O)NCC(c1ccsc1)N(CC)CC. The van der Waals surface area contributed by atoms with Crippen molar-refractivity contribution in [3.63, 3.8) is 0 Å². The molecule has 1 atom stereocenters. The minimum Gasteiger partial charge on any atom is -0.349 e. The molecule has 0 aliphatic rings. The van der Waals surface area contributed by atoms with Gasteiger partial charge in [0.25, 0.3) is 5.91 Å². The molecular weight excluding hydrogens is 308 g/mol. The maximum atomic E-state index is 12.5. The average Bonchev–Trinajstić information content (AvgIpc) is 3.23. The summed E-state index contributed by atoms with van der Waals surface area (Å²) in [4.78, 5) is 14.9. The van der Waals surface area contributed by atoms with Crippen molar-refractivity contribution < 1.29 is 4.79 Å². The van der Waals surface area contributed by atoms with E-state index in [0.717, 1.165) is 26.1 Å². The molecule has 2 aromatic rings. The van der Waals surface area contributed by atoms with Gasteiger partial charge in [-0.25, -0.2) is 0 Å². The number of hydrogen-bond acceptors (Lipinski definition) is 4. The molecule has 2 rings (SSSR count). The summed E-state index contributed by atoms with van der Waals surface area (Å²) in [5, 5.41) is 11.6. The summed E-state index contributed by atoms with van der Waals surface area (Å²) < 4.78 is 1.77. The van der Waals surface area contributed by atoms with E-state index in [0.29, 0.717) is 12.2 Å². The molecule has 126 valence electrons. The molecule has 0 spiro atoms. The van der Waals surface area contributed by atoms with Gasteiger partial charge in [-0.2, -0.15) is 16.4 Å². The van der Waals surface area contributed by atoms with E-state index in [9.17, 15) is 4.79 Å². The number of nitrogens with one attached hydrogen (secondary N) is 1. The van der Waals surface area contributed by atoms with Crippen LogP contribution in [0.25, 0.3) is 0 Å². The van der Waals surface area contributed by atoms with E-state index in [1.807, 2.05) is 0 Å². The van der Waals surface area contributed by atoms with Gasteiger partial charge in [0.1, 0.15) is 5.69 Å². The number of aryl methyl sites for hydroxylation is 1. The summed E-state index contributed by atoms with van der Waals surface area (Å²) >= 11 is 1.69. The topological polar surface area (TPSA) is 50.2 Å². The highest BCUT2D eigenvalue weighted by atomic mass is 32.1. The smallest absolute Gasteiger partial charge is 0.269 e. The number of rotatable bonds is 9. The van der Waals surface area contributed by atoms with Gasteiger partial charge in [-0.15, -0.1) is 0 Å². The van der Waals surface area contributed by atoms with Crippen LogP contribution in [0.15, 0.2) is 29.1 Å². The van der Waals surface area contributed by atoms with Gasteiger partial charge in [0.2, 0.25) is 0 Å². The number of aromatic nitrogens is 2. The van der Waals surface area contributed by atoms with Crippen LogP contribution < -0.4 is 5.32 Å². The van der Waals surface area contributed by atoms with Crippen molar-refractivity contribution in [1.29, 1.82) is 0 Å². The number of thiophene rings is 1. The van der Waals surface area contributed by atoms with E-state index in [1.165, 1.54) is 5.56 Å². The summed E-state index contributed by atoms with van der Waals surface area (Å²) in [6, 6.07) is 4.13. The Morgan fingerprint density at radius 1 is 1.35 bits per heavy atom. The Morgan fingerprint density at radius 2 is 2.13 bits per heavy atom. The zero-order valence-electron chi connectivity index (χ0n) is 14.2. The molecule has 1 N–H and O–H groups in total. The van der Waals surface area contributed by atoms with Crippen molar-refractivity contribution in [2.45, 2.75) is 39.8 Å². The second kappa shape index (κ2) is 8.84. The first-order valence-corrected chi connectivity index (χ1v) is 9.21. The van der Waals surface area contributed by atoms with Gasteiger partial charge in [0.05, 0.1) is 6.04 Å². The highest BCUT2D eigenvalue weighted by Crippen LogP contribution is 2.22. The maximum Gasteiger partial charge on any atom is 0.269 e. The molecule has 0 saturated heterocycles. The van der Waals surface area contributed by atoms with Gasteiger partial charge in [0, 0.05) is 19.3 Å². The molecule has 2 heterocycles. The molecule has 0 saturated carbocycles. The molecule has 0 fully saturated rings. The number of carbonyl (C=O) groups is 1. The van der Waals surface area contributed by atoms with Gasteiger partial charge in [-0.1, -0.05) is 20.8 Å². The first-order chi connectivity index (χ1) is 11.2. The number of amides is 1. The summed E-state index contributed by atoms with van der Waals surface area (Å²) in [5.74, 6) is -0.0525. The second-order valence-corrected chi connectivity index (χ2v) is 6.22. The lowest BCUT2D eigenvalue weighted by Crippen LogP contribution is -2.38. The third kappa shape index (κ3) is 4.42. The summed E-state index contributed by atoms with van der Waals surface area (Å²) in [7, 11) is 0. The van der Waals surface area contributed by atoms with Crippen LogP contribution in [0.1, 0.15) is 49.3 Å². The molecule has 0 aromatic carbocycles. The van der Waals surface area contributed by atoms with Gasteiger partial charge in [-0.05, 0) is 48.0 Å². The monoisotopic (exact) mass is 334 g/mol. The van der Waals surface area contributed by atoms with Crippen LogP contribution in [-0.2, 0) is 6.54 Å². The van der Waals surface area contributed by atoms with Crippen LogP contribution in [0, 0.1) is 0 Å². The molecule has 0 aliphatic heterocycles. The molecule has 0 bridgehead atoms. The summed E-state index contributed by atoms with van der Waals surface area (Å²) in [6.07, 6.45) is 2.64. The maximum absolute atomic E-state index is 12.5. The van der Waals surface area contributed by atoms with Crippen LogP contribution in [0.2, 0.25) is 0 Å². The zero-order chi connectivity index (χ0) is 16.7. The lowest BCUT2D eigenvalue weighted by Gasteiger charge is -2.29. The molecular formula is C17H26N4OS. The molecule has 5 nitrogen and oxygen atoms in total. The van der Waals surface area contributed by atoms with Crippen LogP contribution in [0.5, 0.6) is 0 Å². The zero-order valence-corrected chi connectivity index (χ0v) is 15.0. The van der Waals surface area contributed by atoms with Crippen molar-refractivity contribution in [2.75, 3.05) is 19.6 Å². The first kappa shape index (κ1) is 17.7. The number of hydrogen-bond donors (Lipinski definition) is 1. The third-order valence-corrected chi connectivity index (χ3v) is 4.72. The normalized spacial score (nSPS) is 12.5. The quantitative estimate of drug-likeness (QED) is 0.766. The fraction of sp³-hybridized carbons (Fsp3) is 0.529. The minimum absolute atomic E-state index is 0.0525. The highest BCUT2D eigenvalue weighted by molar-refractivity contribution is 7.07. The lowest BCUT2D eigenvalue weighted by molar-refractivity contribution is 0.0924. The fourth-order valence-electron chi connectivity index (χ4n) is 2.78. The molecule has 2 aromatic heterocycles. The van der Waals surface area contributed by atoms with Crippen molar-refractivity contribution in [1.82, 2.24) is 20.0 Å². The van der Waals surface area contributed by atoms with Crippen LogP contribution in [0.3, 0.4) is 0 Å². The predicted octanol–water partition coefficient (Wildman–Crippen LogP) is 3.17. The Morgan fingerprint density at radius 3 is 2.74 bits per heavy atom. The van der Waals surface area contributed by atoms with Crippen molar-refractivity contribution in [2.24, 2.45) is 0 Å². The van der Waals surface area contributed by atoms with E-state index in [1.54, 1.807) is 28.3 Å². The van der Waals surface area contributed by atoms with E-state index in [-0.39, 0.29) is 11.9 Å². The molecule has 1 unspecified atom stereocenters. The second-order valence-electron chi connectivity index (χ2n) is 5.44. The molecule has 0 aliphatic carbocycles. The third-order valence-electron chi connectivity index (χ3n) is 4.02. The Balaban J connectivity index is 2.06. The van der Waals surface area contributed by atoms with Gasteiger partial charge < -0.3 is 5.32 Å². The highest BCUT2D eigenvalue weighted by Gasteiger charge is 2.20. The predicted molar refractivity (Wildman–Crippen MR) is 94.8 cm³/mol. The molecule has 6 heteroatoms. The Hall–Kier alpha value is -1.66. The largest absolute Gasteiger partial charge is 0.349 e. The standard InChI is InChI=1S/C17H26N4OS/c1-4-10-21-15(7-9-19-21)17(22)18-12-16(20(5-2)6-3)14-8-11-23-13-14/h7-9,11,13,16H,4-6,10,12H2,1-3H3,(H,18,22). The van der Waals surface area contributed by atoms with Crippen LogP contribution in [-0.4, -0.2) is 40.2 Å². The van der Waals surface area contributed by atoms with Crippen LogP contribution in [0.4, 0.5) is 0 Å². The van der Waals surface area contributed by atoms with Crippen molar-refractivity contribution in [3.05, 3.63) is 40.3 Å². The lowest BCUT2D eigenvalue weighted by atomic mass is 10.1. The van der Waals surface area contributed by atoms with Gasteiger partial charge in [-0.3, -0.25) is 14.4 Å². The Bertz CT molecular complexity index is 590. The van der Waals surface area contributed by atoms with Crippen LogP contribution >= 0.6 is 11.3 Å². The molecule has 0 radical (unpaired) electrons. The van der Waals surface area contributed by atoms with Crippen molar-refractivity contribution in [3.8, 4) is 0 Å². The van der Waals surface area contributed by atoms with Gasteiger partial charge in [0.15, 0.2) is 0 Å². The fourth-order valence-corrected chi connectivity index (χ4v) is 3.49. The van der Waals surface area contributed by atoms with E-state index < -0.39 is 0 Å². The molecule has 1 amide bonds. The number of carbonyl (C=O) groups excluding carboxylic acids is 1. The Kier molecular flexibility index (Phi) is 6.80. The summed E-state index contributed by atoms with van der Waals surface area (Å²) in [5.41, 5.74) is 1.90.